The lowest BCUT2D eigenvalue weighted by Crippen LogP contribution is -2.42. The standard InChI is InChI=1S/C22H20F2N6O2/c1-32-18-10-15(19-26-13-27-28-19)9-17(11-18)30-5-2-14-8-16(12-25-20(14)30)21(31)29-6-3-22(23,24)4-7-29/h2,5,8-13H,3-4,6-7H2,1H3,(H,26,27,28). The van der Waals surface area contributed by atoms with Crippen molar-refractivity contribution >= 4 is 16.9 Å². The Labute approximate surface area is 181 Å². The molecule has 1 aromatic carbocycles. The summed E-state index contributed by atoms with van der Waals surface area (Å²) in [4.78, 5) is 22.9. The molecule has 1 fully saturated rings. The molecular formula is C22H20F2N6O2. The number of methoxy groups -OCH3 is 1. The molecule has 10 heteroatoms. The number of amides is 1. The first-order valence-corrected chi connectivity index (χ1v) is 10.1. The number of carbonyl (C=O) groups excluding carboxylic acids is 1. The first-order chi connectivity index (χ1) is 15.4. The van der Waals surface area contributed by atoms with Gasteiger partial charge in [-0.3, -0.25) is 9.89 Å². The maximum Gasteiger partial charge on any atom is 0.255 e. The van der Waals surface area contributed by atoms with E-state index in [1.807, 2.05) is 35.0 Å². The van der Waals surface area contributed by atoms with Gasteiger partial charge in [-0.15, -0.1) is 0 Å². The third-order valence-electron chi connectivity index (χ3n) is 5.65. The molecule has 4 heterocycles. The van der Waals surface area contributed by atoms with Crippen molar-refractivity contribution in [3.8, 4) is 22.8 Å². The fourth-order valence-corrected chi connectivity index (χ4v) is 3.89. The van der Waals surface area contributed by atoms with Crippen LogP contribution in [0.15, 0.2) is 49.1 Å². The van der Waals surface area contributed by atoms with Crippen LogP contribution in [-0.4, -0.2) is 61.7 Å². The zero-order chi connectivity index (χ0) is 22.3. The summed E-state index contributed by atoms with van der Waals surface area (Å²) in [5.41, 5.74) is 2.64. The van der Waals surface area contributed by atoms with E-state index in [-0.39, 0.29) is 31.8 Å². The third-order valence-corrected chi connectivity index (χ3v) is 5.65. The molecule has 1 amide bonds. The lowest BCUT2D eigenvalue weighted by Gasteiger charge is -2.31. The third kappa shape index (κ3) is 3.68. The van der Waals surface area contributed by atoms with Gasteiger partial charge in [0.15, 0.2) is 5.82 Å². The summed E-state index contributed by atoms with van der Waals surface area (Å²) in [7, 11) is 1.59. The number of benzene rings is 1. The first kappa shape index (κ1) is 20.1. The number of hydrogen-bond acceptors (Lipinski definition) is 5. The van der Waals surface area contributed by atoms with E-state index in [1.54, 1.807) is 13.2 Å². The molecule has 0 atom stereocenters. The zero-order valence-corrected chi connectivity index (χ0v) is 17.3. The van der Waals surface area contributed by atoms with Crippen molar-refractivity contribution in [1.29, 1.82) is 0 Å². The van der Waals surface area contributed by atoms with Crippen LogP contribution >= 0.6 is 0 Å². The van der Waals surface area contributed by atoms with Crippen molar-refractivity contribution in [3.05, 3.63) is 54.6 Å². The van der Waals surface area contributed by atoms with Gasteiger partial charge in [-0.25, -0.2) is 18.7 Å². The van der Waals surface area contributed by atoms with E-state index in [2.05, 4.69) is 20.2 Å². The number of carbonyl (C=O) groups is 1. The number of aromatic nitrogens is 5. The second kappa shape index (κ2) is 7.70. The maximum atomic E-state index is 13.4. The van der Waals surface area contributed by atoms with E-state index >= 15 is 0 Å². The molecule has 1 saturated heterocycles. The van der Waals surface area contributed by atoms with Crippen LogP contribution in [0.3, 0.4) is 0 Å². The Balaban J connectivity index is 1.47. The van der Waals surface area contributed by atoms with Gasteiger partial charge in [-0.1, -0.05) is 0 Å². The quantitative estimate of drug-likeness (QED) is 0.525. The average molecular weight is 438 g/mol. The van der Waals surface area contributed by atoms with E-state index < -0.39 is 5.92 Å². The van der Waals surface area contributed by atoms with Gasteiger partial charge in [0, 0.05) is 55.3 Å². The van der Waals surface area contributed by atoms with Crippen molar-refractivity contribution in [2.75, 3.05) is 20.2 Å². The number of fused-ring (bicyclic) bond motifs is 1. The largest absolute Gasteiger partial charge is 0.497 e. The van der Waals surface area contributed by atoms with Gasteiger partial charge < -0.3 is 14.2 Å². The summed E-state index contributed by atoms with van der Waals surface area (Å²) < 4.78 is 34.2. The highest BCUT2D eigenvalue weighted by Gasteiger charge is 2.35. The van der Waals surface area contributed by atoms with Crippen LogP contribution in [0, 0.1) is 0 Å². The van der Waals surface area contributed by atoms with Gasteiger partial charge in [0.2, 0.25) is 0 Å². The molecule has 0 bridgehead atoms. The summed E-state index contributed by atoms with van der Waals surface area (Å²) in [6.45, 7) is 0.0816. The fourth-order valence-electron chi connectivity index (χ4n) is 3.89. The van der Waals surface area contributed by atoms with Gasteiger partial charge >= 0.3 is 0 Å². The normalized spacial score (nSPS) is 15.8. The van der Waals surface area contributed by atoms with Crippen LogP contribution in [0.2, 0.25) is 0 Å². The second-order valence-electron chi connectivity index (χ2n) is 7.72. The molecule has 0 radical (unpaired) electrons. The predicted molar refractivity (Wildman–Crippen MR) is 113 cm³/mol. The molecule has 5 rings (SSSR count). The SMILES string of the molecule is COc1cc(-c2ncn[nH]2)cc(-n2ccc3cc(C(=O)N4CCC(F)(F)CC4)cnc32)c1. The Bertz CT molecular complexity index is 1280. The minimum Gasteiger partial charge on any atom is -0.497 e. The molecule has 4 aromatic rings. The summed E-state index contributed by atoms with van der Waals surface area (Å²) >= 11 is 0. The molecule has 0 aliphatic carbocycles. The number of nitrogens with zero attached hydrogens (tertiary/aromatic N) is 5. The smallest absolute Gasteiger partial charge is 0.255 e. The van der Waals surface area contributed by atoms with Crippen molar-refractivity contribution in [2.45, 2.75) is 18.8 Å². The second-order valence-corrected chi connectivity index (χ2v) is 7.72. The Hall–Kier alpha value is -3.82. The summed E-state index contributed by atoms with van der Waals surface area (Å²) in [6, 6.07) is 9.25. The van der Waals surface area contributed by atoms with Crippen molar-refractivity contribution in [2.24, 2.45) is 0 Å². The lowest BCUT2D eigenvalue weighted by atomic mass is 10.1. The molecule has 3 aromatic heterocycles. The molecule has 164 valence electrons. The Morgan fingerprint density at radius 2 is 1.97 bits per heavy atom. The number of likely N-dealkylation sites (tertiary alicyclic amines) is 1. The molecule has 32 heavy (non-hydrogen) atoms. The average Bonchev–Trinajstić information content (AvgIpc) is 3.48. The highest BCUT2D eigenvalue weighted by molar-refractivity contribution is 5.97. The van der Waals surface area contributed by atoms with E-state index in [0.29, 0.717) is 22.8 Å². The van der Waals surface area contributed by atoms with Crippen LogP contribution in [0.4, 0.5) is 8.78 Å². The number of hydrogen-bond donors (Lipinski definition) is 1. The number of pyridine rings is 1. The first-order valence-electron chi connectivity index (χ1n) is 10.1. The summed E-state index contributed by atoms with van der Waals surface area (Å²) in [5, 5.41) is 7.50. The van der Waals surface area contributed by atoms with E-state index in [4.69, 9.17) is 4.74 Å². The molecule has 1 N–H and O–H groups in total. The number of alkyl halides is 2. The number of ether oxygens (including phenoxy) is 1. The van der Waals surface area contributed by atoms with Crippen LogP contribution in [0.5, 0.6) is 5.75 Å². The van der Waals surface area contributed by atoms with E-state index in [0.717, 1.165) is 16.6 Å². The minimum absolute atomic E-state index is 0.0408. The fraction of sp³-hybridized carbons (Fsp3) is 0.273. The number of nitrogens with one attached hydrogen (secondary N) is 1. The van der Waals surface area contributed by atoms with Gasteiger partial charge in [0.05, 0.1) is 18.4 Å². The van der Waals surface area contributed by atoms with Crippen LogP contribution in [0.1, 0.15) is 23.2 Å². The number of H-pyrrole nitrogens is 1. The van der Waals surface area contributed by atoms with Crippen molar-refractivity contribution in [3.63, 3.8) is 0 Å². The molecule has 1 aliphatic rings. The molecule has 8 nitrogen and oxygen atoms in total. The number of rotatable bonds is 4. The predicted octanol–water partition coefficient (Wildman–Crippen LogP) is 3.69. The monoisotopic (exact) mass is 438 g/mol. The zero-order valence-electron chi connectivity index (χ0n) is 17.3. The van der Waals surface area contributed by atoms with Crippen LogP contribution in [0.25, 0.3) is 28.1 Å². The van der Waals surface area contributed by atoms with Gasteiger partial charge in [-0.2, -0.15) is 5.10 Å². The molecule has 0 saturated carbocycles. The number of halogens is 2. The van der Waals surface area contributed by atoms with E-state index in [9.17, 15) is 13.6 Å². The Morgan fingerprint density at radius 1 is 1.16 bits per heavy atom. The summed E-state index contributed by atoms with van der Waals surface area (Å²) in [6.07, 6.45) is 4.16. The minimum atomic E-state index is -2.70. The van der Waals surface area contributed by atoms with Crippen LogP contribution < -0.4 is 4.74 Å². The molecule has 1 aliphatic heterocycles. The Kier molecular flexibility index (Phi) is 4.84. The Morgan fingerprint density at radius 3 is 2.69 bits per heavy atom. The van der Waals surface area contributed by atoms with Crippen LogP contribution in [-0.2, 0) is 0 Å². The van der Waals surface area contributed by atoms with Crippen molar-refractivity contribution < 1.29 is 18.3 Å². The highest BCUT2D eigenvalue weighted by atomic mass is 19.3. The molecular weight excluding hydrogens is 418 g/mol. The van der Waals surface area contributed by atoms with Gasteiger partial charge in [0.1, 0.15) is 17.7 Å². The lowest BCUT2D eigenvalue weighted by molar-refractivity contribution is -0.0494. The highest BCUT2D eigenvalue weighted by Crippen LogP contribution is 2.30. The number of aromatic amines is 1. The number of piperidine rings is 1. The maximum absolute atomic E-state index is 13.4. The molecule has 0 unspecified atom stereocenters. The van der Waals surface area contributed by atoms with Gasteiger partial charge in [0.25, 0.3) is 11.8 Å². The summed E-state index contributed by atoms with van der Waals surface area (Å²) in [5.74, 6) is -1.73. The van der Waals surface area contributed by atoms with E-state index in [1.165, 1.54) is 17.4 Å². The van der Waals surface area contributed by atoms with Crippen molar-refractivity contribution in [1.82, 2.24) is 29.6 Å². The topological polar surface area (TPSA) is 88.9 Å². The van der Waals surface area contributed by atoms with Gasteiger partial charge in [-0.05, 0) is 24.3 Å². The molecule has 0 spiro atoms.